The molecule has 11 heteroatoms. The Bertz CT molecular complexity index is 888. The number of ether oxygens (including phenoxy) is 1. The summed E-state index contributed by atoms with van der Waals surface area (Å²) in [5.41, 5.74) is 1.02. The van der Waals surface area contributed by atoms with Crippen LogP contribution in [0.2, 0.25) is 0 Å². The summed E-state index contributed by atoms with van der Waals surface area (Å²) in [5.74, 6) is 0.620. The number of anilines is 3. The summed E-state index contributed by atoms with van der Waals surface area (Å²) < 4.78 is 5.72. The van der Waals surface area contributed by atoms with Crippen LogP contribution in [-0.2, 0) is 4.74 Å². The predicted octanol–water partition coefficient (Wildman–Crippen LogP) is 0.764. The van der Waals surface area contributed by atoms with Crippen LogP contribution in [0.1, 0.15) is 30.0 Å². The van der Waals surface area contributed by atoms with Crippen molar-refractivity contribution in [2.24, 2.45) is 0 Å². The van der Waals surface area contributed by atoms with Crippen LogP contribution in [0.3, 0.4) is 0 Å². The lowest BCUT2D eigenvalue weighted by Gasteiger charge is -2.25. The van der Waals surface area contributed by atoms with Crippen molar-refractivity contribution >= 4 is 23.2 Å². The van der Waals surface area contributed by atoms with Gasteiger partial charge in [0.2, 0.25) is 0 Å². The Morgan fingerprint density at radius 2 is 2.13 bits per heavy atom. The van der Waals surface area contributed by atoms with Gasteiger partial charge >= 0.3 is 0 Å². The van der Waals surface area contributed by atoms with E-state index in [0.29, 0.717) is 43.6 Å². The average Bonchev–Trinajstić information content (AvgIpc) is 2.79. The van der Waals surface area contributed by atoms with Crippen molar-refractivity contribution in [3.8, 4) is 6.07 Å². The van der Waals surface area contributed by atoms with Crippen LogP contribution in [0.4, 0.5) is 17.3 Å². The summed E-state index contributed by atoms with van der Waals surface area (Å²) >= 11 is 0. The number of carbonyl (C=O) groups is 1. The first-order valence-electron chi connectivity index (χ1n) is 9.87. The fraction of sp³-hybridized carbons (Fsp3) is 0.474. The van der Waals surface area contributed by atoms with Crippen LogP contribution in [-0.4, -0.2) is 76.4 Å². The summed E-state index contributed by atoms with van der Waals surface area (Å²) in [4.78, 5) is 22.7. The second-order valence-electron chi connectivity index (χ2n) is 6.57. The van der Waals surface area contributed by atoms with Crippen LogP contribution >= 0.6 is 0 Å². The largest absolute Gasteiger partial charge is 0.380 e. The first-order valence-corrected chi connectivity index (χ1v) is 9.87. The Labute approximate surface area is 174 Å². The lowest BCUT2D eigenvalue weighted by Crippen LogP contribution is -2.42. The topological polar surface area (TPSA) is 141 Å². The maximum absolute atomic E-state index is 12.9. The van der Waals surface area contributed by atoms with Crippen molar-refractivity contribution in [1.29, 1.82) is 5.26 Å². The molecule has 3 heterocycles. The van der Waals surface area contributed by atoms with E-state index in [4.69, 9.17) is 10.00 Å². The Hall–Kier alpha value is -3.36. The van der Waals surface area contributed by atoms with E-state index >= 15 is 0 Å². The number of aromatic nitrogens is 4. The molecule has 0 bridgehead atoms. The first kappa shape index (κ1) is 21.4. The quantitative estimate of drug-likeness (QED) is 0.570. The highest BCUT2D eigenvalue weighted by Gasteiger charge is 2.21. The number of hydrogen-bond donors (Lipinski definition) is 3. The zero-order chi connectivity index (χ0) is 21.3. The van der Waals surface area contributed by atoms with Crippen LogP contribution in [0, 0.1) is 11.3 Å². The lowest BCUT2D eigenvalue weighted by atomic mass is 10.2. The summed E-state index contributed by atoms with van der Waals surface area (Å²) in [5, 5.41) is 26.7. The van der Waals surface area contributed by atoms with Gasteiger partial charge < -0.3 is 25.6 Å². The van der Waals surface area contributed by atoms with Gasteiger partial charge in [0, 0.05) is 38.8 Å². The molecule has 0 aliphatic carbocycles. The van der Waals surface area contributed by atoms with E-state index in [9.17, 15) is 4.79 Å². The van der Waals surface area contributed by atoms with Crippen molar-refractivity contribution in [3.63, 3.8) is 0 Å². The van der Waals surface area contributed by atoms with Crippen LogP contribution < -0.4 is 16.0 Å². The van der Waals surface area contributed by atoms with Gasteiger partial charge in [0.25, 0.3) is 5.91 Å². The lowest BCUT2D eigenvalue weighted by molar-refractivity contribution is 0.0372. The minimum absolute atomic E-state index is 0.0101. The zero-order valence-electron chi connectivity index (χ0n) is 17.1. The first-order chi connectivity index (χ1) is 14.6. The molecule has 1 fully saturated rings. The number of nitrogens with zero attached hydrogens (tertiary/aromatic N) is 6. The highest BCUT2D eigenvalue weighted by Crippen LogP contribution is 2.20. The molecule has 30 heavy (non-hydrogen) atoms. The summed E-state index contributed by atoms with van der Waals surface area (Å²) in [7, 11) is 0. The van der Waals surface area contributed by atoms with Gasteiger partial charge in [0.05, 0.1) is 30.8 Å². The Balaban J connectivity index is 1.82. The molecule has 0 radical (unpaired) electrons. The van der Waals surface area contributed by atoms with Crippen LogP contribution in [0.25, 0.3) is 0 Å². The molecular formula is C19H25N9O2. The number of carbonyl (C=O) groups excluding carboxylic acids is 1. The molecule has 1 unspecified atom stereocenters. The Kier molecular flexibility index (Phi) is 7.42. The fourth-order valence-corrected chi connectivity index (χ4v) is 2.96. The molecule has 3 rings (SSSR count). The molecule has 1 amide bonds. The third-order valence-corrected chi connectivity index (χ3v) is 4.59. The molecule has 2 aromatic rings. The molecule has 3 N–H and O–H groups in total. The molecule has 0 saturated carbocycles. The number of amides is 1. The number of rotatable bonds is 8. The van der Waals surface area contributed by atoms with Crippen molar-refractivity contribution in [1.82, 2.24) is 30.4 Å². The average molecular weight is 411 g/mol. The number of hydrogen-bond acceptors (Lipinski definition) is 10. The van der Waals surface area contributed by atoms with Crippen molar-refractivity contribution in [2.45, 2.75) is 20.0 Å². The smallest absolute Gasteiger partial charge is 0.276 e. The van der Waals surface area contributed by atoms with Gasteiger partial charge in [-0.25, -0.2) is 9.97 Å². The number of nitrogens with one attached hydrogen (secondary N) is 3. The van der Waals surface area contributed by atoms with Crippen LogP contribution in [0.5, 0.6) is 0 Å². The molecule has 1 atom stereocenters. The minimum Gasteiger partial charge on any atom is -0.380 e. The minimum atomic E-state index is -0.192. The monoisotopic (exact) mass is 411 g/mol. The zero-order valence-corrected chi connectivity index (χ0v) is 17.1. The van der Waals surface area contributed by atoms with E-state index < -0.39 is 0 Å². The Morgan fingerprint density at radius 3 is 2.77 bits per heavy atom. The van der Waals surface area contributed by atoms with Gasteiger partial charge in [0.15, 0.2) is 17.2 Å². The van der Waals surface area contributed by atoms with Crippen molar-refractivity contribution < 1.29 is 9.53 Å². The SMILES string of the molecule is CCN(CC)C(=O)c1nnc(Nc2cnc(C#N)cn2)cc1NCC1CNCCO1. The fourth-order valence-electron chi connectivity index (χ4n) is 2.96. The van der Waals surface area contributed by atoms with Gasteiger partial charge in [-0.15, -0.1) is 10.2 Å². The summed E-state index contributed by atoms with van der Waals surface area (Å²) in [6.07, 6.45) is 2.79. The summed E-state index contributed by atoms with van der Waals surface area (Å²) in [6, 6.07) is 3.63. The van der Waals surface area contributed by atoms with Gasteiger partial charge in [-0.3, -0.25) is 4.79 Å². The third-order valence-electron chi connectivity index (χ3n) is 4.59. The Morgan fingerprint density at radius 1 is 1.30 bits per heavy atom. The third kappa shape index (κ3) is 5.37. The van der Waals surface area contributed by atoms with Crippen molar-refractivity contribution in [2.75, 3.05) is 50.0 Å². The van der Waals surface area contributed by atoms with Crippen LogP contribution in [0.15, 0.2) is 18.5 Å². The highest BCUT2D eigenvalue weighted by molar-refractivity contribution is 5.97. The number of morpholine rings is 1. The van der Waals surface area contributed by atoms with E-state index in [1.165, 1.54) is 12.4 Å². The summed E-state index contributed by atoms with van der Waals surface area (Å²) in [6.45, 7) is 7.73. The maximum atomic E-state index is 12.9. The molecule has 1 saturated heterocycles. The second-order valence-corrected chi connectivity index (χ2v) is 6.57. The molecule has 11 nitrogen and oxygen atoms in total. The molecule has 1 aliphatic heterocycles. The van der Waals surface area contributed by atoms with Gasteiger partial charge in [-0.2, -0.15) is 5.26 Å². The molecular weight excluding hydrogens is 386 g/mol. The maximum Gasteiger partial charge on any atom is 0.276 e. The van der Waals surface area contributed by atoms with E-state index in [0.717, 1.165) is 13.1 Å². The molecule has 158 valence electrons. The standard InChI is InChI=1S/C19H25N9O2/c1-3-28(4-2)19(29)18-15(23-11-14-10-21-5-6-30-14)7-16(26-27-18)25-17-12-22-13(8-20)9-24-17/h7,9,12,14,21H,3-6,10-11H2,1-2H3,(H2,23,24,25,26). The van der Waals surface area contributed by atoms with Crippen molar-refractivity contribution in [3.05, 3.63) is 29.8 Å². The normalized spacial score (nSPS) is 15.8. The van der Waals surface area contributed by atoms with E-state index in [-0.39, 0.29) is 23.4 Å². The second kappa shape index (κ2) is 10.4. The molecule has 2 aromatic heterocycles. The van der Waals surface area contributed by atoms with Gasteiger partial charge in [0.1, 0.15) is 11.9 Å². The molecule has 0 aromatic carbocycles. The van der Waals surface area contributed by atoms with E-state index in [2.05, 4.69) is 36.1 Å². The molecule has 1 aliphatic rings. The van der Waals surface area contributed by atoms with Gasteiger partial charge in [-0.05, 0) is 13.8 Å². The number of nitriles is 1. The van der Waals surface area contributed by atoms with E-state index in [1.54, 1.807) is 11.0 Å². The van der Waals surface area contributed by atoms with E-state index in [1.807, 2.05) is 19.9 Å². The predicted molar refractivity (Wildman–Crippen MR) is 110 cm³/mol. The highest BCUT2D eigenvalue weighted by atomic mass is 16.5. The van der Waals surface area contributed by atoms with Gasteiger partial charge in [-0.1, -0.05) is 0 Å². The molecule has 0 spiro atoms.